The van der Waals surface area contributed by atoms with Crippen LogP contribution in [0.2, 0.25) is 0 Å². The summed E-state index contributed by atoms with van der Waals surface area (Å²) in [5, 5.41) is 19.4. The fourth-order valence-corrected chi connectivity index (χ4v) is 3.53. The molecular formula is C29H22N2O3. The van der Waals surface area contributed by atoms with Crippen LogP contribution in [-0.4, -0.2) is 0 Å². The summed E-state index contributed by atoms with van der Waals surface area (Å²) >= 11 is 0. The van der Waals surface area contributed by atoms with Crippen molar-refractivity contribution in [1.29, 1.82) is 10.5 Å². The predicted molar refractivity (Wildman–Crippen MR) is 132 cm³/mol. The van der Waals surface area contributed by atoms with E-state index in [1.807, 2.05) is 45.1 Å². The molecule has 1 aliphatic heterocycles. The number of fused-ring (bicyclic) bond motifs is 2. The second-order valence-corrected chi connectivity index (χ2v) is 9.00. The fraction of sp³-hybridized carbons (Fsp3) is 0.207. The van der Waals surface area contributed by atoms with Gasteiger partial charge in [-0.3, -0.25) is 0 Å². The Bertz CT molecular complexity index is 1530. The Morgan fingerprint density at radius 1 is 1.12 bits per heavy atom. The smallest absolute Gasteiger partial charge is 0.343 e. The molecule has 1 aromatic heterocycles. The summed E-state index contributed by atoms with van der Waals surface area (Å²) < 4.78 is 11.6. The number of nitrogens with zero attached hydrogens (tertiary/aromatic N) is 2. The molecule has 0 saturated heterocycles. The molecular weight excluding hydrogens is 424 g/mol. The molecule has 4 rings (SSSR count). The monoisotopic (exact) mass is 446 g/mol. The van der Waals surface area contributed by atoms with E-state index >= 15 is 0 Å². The number of hydrogen-bond donors (Lipinski definition) is 0. The van der Waals surface area contributed by atoms with Gasteiger partial charge >= 0.3 is 5.63 Å². The first-order chi connectivity index (χ1) is 16.3. The Hall–Kier alpha value is -4.53. The summed E-state index contributed by atoms with van der Waals surface area (Å²) in [5.41, 5.74) is 2.30. The average Bonchev–Trinajstić information content (AvgIpc) is 2.78. The molecule has 1 aromatic carbocycles. The highest BCUT2D eigenvalue weighted by molar-refractivity contribution is 5.84. The van der Waals surface area contributed by atoms with Crippen LogP contribution in [0.3, 0.4) is 0 Å². The minimum atomic E-state index is -0.480. The van der Waals surface area contributed by atoms with Gasteiger partial charge in [-0.15, -0.1) is 0 Å². The van der Waals surface area contributed by atoms with E-state index in [-0.39, 0.29) is 11.0 Å². The van der Waals surface area contributed by atoms with E-state index in [2.05, 4.69) is 17.9 Å². The molecule has 0 spiro atoms. The highest BCUT2D eigenvalue weighted by Gasteiger charge is 2.24. The van der Waals surface area contributed by atoms with Crippen molar-refractivity contribution in [3.63, 3.8) is 0 Å². The fourth-order valence-electron chi connectivity index (χ4n) is 3.53. The molecule has 0 fully saturated rings. The molecule has 2 aliphatic rings. The maximum atomic E-state index is 12.7. The molecule has 5 nitrogen and oxygen atoms in total. The van der Waals surface area contributed by atoms with Gasteiger partial charge in [-0.05, 0) is 54.5 Å². The van der Waals surface area contributed by atoms with Crippen molar-refractivity contribution >= 4 is 23.1 Å². The lowest BCUT2D eigenvalue weighted by atomic mass is 9.90. The van der Waals surface area contributed by atoms with Crippen LogP contribution in [0.25, 0.3) is 23.1 Å². The standard InChI is InChI=1S/C29H22N2O3/c1-29(2,3)27-16-22(24(17-30)18-31)14-25(33-27)11-10-21-13-23-12-19-8-6-4-5-7-9-20(19)15-26(23)34-28(21)32/h6,8,10-16H,4-5H2,1-3H3/b8-6?,11-10+. The summed E-state index contributed by atoms with van der Waals surface area (Å²) in [6, 6.07) is 9.38. The SMILES string of the molecule is CC(C)(C)C1=CC(=C(C#N)C#N)C=C(/C=C/c2cc3cc4c(cc3oc2=O)C#CCCC=C4)O1. The van der Waals surface area contributed by atoms with E-state index in [0.717, 1.165) is 29.4 Å². The molecule has 2 heterocycles. The van der Waals surface area contributed by atoms with Crippen molar-refractivity contribution in [2.45, 2.75) is 33.6 Å². The van der Waals surface area contributed by atoms with Gasteiger partial charge in [0.1, 0.15) is 34.8 Å². The Morgan fingerprint density at radius 2 is 1.91 bits per heavy atom. The van der Waals surface area contributed by atoms with Crippen LogP contribution in [-0.2, 0) is 4.74 Å². The Morgan fingerprint density at radius 3 is 2.65 bits per heavy atom. The molecule has 0 atom stereocenters. The number of ether oxygens (including phenoxy) is 1. The zero-order chi connectivity index (χ0) is 24.3. The summed E-state index contributed by atoms with van der Waals surface area (Å²) in [5.74, 6) is 7.30. The molecule has 1 aliphatic carbocycles. The highest BCUT2D eigenvalue weighted by atomic mass is 16.5. The first kappa shape index (κ1) is 22.7. The second-order valence-electron chi connectivity index (χ2n) is 9.00. The largest absolute Gasteiger partial charge is 0.461 e. The minimum Gasteiger partial charge on any atom is -0.461 e. The van der Waals surface area contributed by atoms with E-state index in [0.29, 0.717) is 28.2 Å². The number of hydrogen-bond acceptors (Lipinski definition) is 5. The second kappa shape index (κ2) is 9.14. The predicted octanol–water partition coefficient (Wildman–Crippen LogP) is 6.15. The van der Waals surface area contributed by atoms with E-state index in [1.54, 1.807) is 36.4 Å². The topological polar surface area (TPSA) is 87.0 Å². The van der Waals surface area contributed by atoms with Crippen LogP contribution in [0.4, 0.5) is 0 Å². The van der Waals surface area contributed by atoms with Gasteiger partial charge < -0.3 is 9.15 Å². The summed E-state index contributed by atoms with van der Waals surface area (Å²) in [6.07, 6.45) is 12.4. The molecule has 0 saturated carbocycles. The molecule has 0 N–H and O–H groups in total. The Labute approximate surface area is 198 Å². The third-order valence-corrected chi connectivity index (χ3v) is 5.38. The zero-order valence-electron chi connectivity index (χ0n) is 19.2. The van der Waals surface area contributed by atoms with Crippen LogP contribution in [0.15, 0.2) is 74.4 Å². The third kappa shape index (κ3) is 4.78. The molecule has 0 unspecified atom stereocenters. The van der Waals surface area contributed by atoms with E-state index in [1.165, 1.54) is 0 Å². The number of rotatable bonds is 2. The van der Waals surface area contributed by atoms with Gasteiger partial charge in [0.2, 0.25) is 0 Å². The van der Waals surface area contributed by atoms with Gasteiger partial charge in [0.05, 0.1) is 5.56 Å². The Balaban J connectivity index is 1.75. The van der Waals surface area contributed by atoms with Crippen molar-refractivity contribution in [2.24, 2.45) is 5.41 Å². The molecule has 34 heavy (non-hydrogen) atoms. The van der Waals surface area contributed by atoms with Crippen LogP contribution >= 0.6 is 0 Å². The molecule has 166 valence electrons. The van der Waals surface area contributed by atoms with Crippen LogP contribution in [0.1, 0.15) is 50.3 Å². The van der Waals surface area contributed by atoms with E-state index in [4.69, 9.17) is 9.15 Å². The lowest BCUT2D eigenvalue weighted by Gasteiger charge is -2.26. The zero-order valence-corrected chi connectivity index (χ0v) is 19.2. The van der Waals surface area contributed by atoms with Gasteiger partial charge in [0.25, 0.3) is 0 Å². The van der Waals surface area contributed by atoms with Gasteiger partial charge in [-0.1, -0.05) is 44.8 Å². The van der Waals surface area contributed by atoms with Gasteiger partial charge in [0.15, 0.2) is 0 Å². The lowest BCUT2D eigenvalue weighted by molar-refractivity contribution is 0.223. The number of nitriles is 2. The van der Waals surface area contributed by atoms with E-state index < -0.39 is 5.63 Å². The minimum absolute atomic E-state index is 0.00573. The quantitative estimate of drug-likeness (QED) is 0.314. The van der Waals surface area contributed by atoms with Crippen molar-refractivity contribution in [3.05, 3.63) is 92.3 Å². The third-order valence-electron chi connectivity index (χ3n) is 5.38. The van der Waals surface area contributed by atoms with Gasteiger partial charge in [0, 0.05) is 28.4 Å². The van der Waals surface area contributed by atoms with Crippen molar-refractivity contribution < 1.29 is 9.15 Å². The first-order valence-electron chi connectivity index (χ1n) is 10.9. The maximum Gasteiger partial charge on any atom is 0.343 e. The van der Waals surface area contributed by atoms with Crippen molar-refractivity contribution in [3.8, 4) is 24.0 Å². The van der Waals surface area contributed by atoms with Crippen LogP contribution in [0, 0.1) is 39.9 Å². The lowest BCUT2D eigenvalue weighted by Crippen LogP contribution is -2.15. The summed E-state index contributed by atoms with van der Waals surface area (Å²) in [4.78, 5) is 12.7. The van der Waals surface area contributed by atoms with Gasteiger partial charge in [-0.25, -0.2) is 4.79 Å². The molecule has 0 bridgehead atoms. The summed E-state index contributed by atoms with van der Waals surface area (Å²) in [7, 11) is 0. The molecule has 5 heteroatoms. The normalized spacial score (nSPS) is 15.0. The van der Waals surface area contributed by atoms with Gasteiger partial charge in [-0.2, -0.15) is 10.5 Å². The van der Waals surface area contributed by atoms with E-state index in [9.17, 15) is 15.3 Å². The summed E-state index contributed by atoms with van der Waals surface area (Å²) in [6.45, 7) is 5.93. The number of allylic oxidation sites excluding steroid dienone is 7. The molecule has 0 radical (unpaired) electrons. The first-order valence-corrected chi connectivity index (χ1v) is 10.9. The number of benzene rings is 1. The van der Waals surface area contributed by atoms with Crippen molar-refractivity contribution in [2.75, 3.05) is 0 Å². The highest BCUT2D eigenvalue weighted by Crippen LogP contribution is 2.34. The van der Waals surface area contributed by atoms with Crippen LogP contribution in [0.5, 0.6) is 0 Å². The Kier molecular flexibility index (Phi) is 6.09. The molecule has 2 aromatic rings. The van der Waals surface area contributed by atoms with Crippen LogP contribution < -0.4 is 5.63 Å². The maximum absolute atomic E-state index is 12.7. The molecule has 0 amide bonds. The van der Waals surface area contributed by atoms with Crippen molar-refractivity contribution in [1.82, 2.24) is 0 Å². The average molecular weight is 447 g/mol.